The number of ether oxygens (including phenoxy) is 1. The molecule has 1 aliphatic rings. The molecule has 0 bridgehead atoms. The van der Waals surface area contributed by atoms with Crippen molar-refractivity contribution < 1.29 is 9.53 Å². The smallest absolute Gasteiger partial charge is 0.222 e. The second-order valence-corrected chi connectivity index (χ2v) is 8.01. The van der Waals surface area contributed by atoms with Gasteiger partial charge in [-0.3, -0.25) is 4.79 Å². The predicted molar refractivity (Wildman–Crippen MR) is 125 cm³/mol. The van der Waals surface area contributed by atoms with Crippen LogP contribution in [0.1, 0.15) is 43.4 Å². The van der Waals surface area contributed by atoms with Gasteiger partial charge in [0, 0.05) is 26.1 Å². The van der Waals surface area contributed by atoms with Crippen LogP contribution in [0.2, 0.25) is 0 Å². The molecule has 2 aromatic rings. The summed E-state index contributed by atoms with van der Waals surface area (Å²) in [7, 11) is 0. The number of benzene rings is 2. The van der Waals surface area contributed by atoms with Crippen LogP contribution >= 0.6 is 0 Å². The first kappa shape index (κ1) is 22.7. The van der Waals surface area contributed by atoms with Crippen molar-refractivity contribution in [1.29, 1.82) is 0 Å². The van der Waals surface area contributed by atoms with Crippen LogP contribution in [0.15, 0.2) is 53.5 Å². The highest BCUT2D eigenvalue weighted by molar-refractivity contribution is 5.80. The maximum Gasteiger partial charge on any atom is 0.222 e. The van der Waals surface area contributed by atoms with E-state index in [2.05, 4.69) is 42.7 Å². The standard InChI is InChI=1S/C25H34N4O2/c1-4-26-25(27-16-20(3)31-23-12-7-9-19(2)15-23)28-17-21-10-5-6-11-22(21)18-29-14-8-13-24(29)30/h5-7,9-12,15,20H,4,8,13-14,16-18H2,1-3H3,(H2,26,27,28). The van der Waals surface area contributed by atoms with E-state index in [1.54, 1.807) is 0 Å². The lowest BCUT2D eigenvalue weighted by molar-refractivity contribution is -0.128. The summed E-state index contributed by atoms with van der Waals surface area (Å²) in [5, 5.41) is 6.67. The highest BCUT2D eigenvalue weighted by Gasteiger charge is 2.20. The van der Waals surface area contributed by atoms with E-state index in [0.717, 1.165) is 42.3 Å². The molecule has 0 radical (unpaired) electrons. The molecular weight excluding hydrogens is 388 g/mol. The number of nitrogens with one attached hydrogen (secondary N) is 2. The summed E-state index contributed by atoms with van der Waals surface area (Å²) in [6, 6.07) is 16.3. The zero-order valence-corrected chi connectivity index (χ0v) is 18.9. The molecule has 31 heavy (non-hydrogen) atoms. The fraction of sp³-hybridized carbons (Fsp3) is 0.440. The lowest BCUT2D eigenvalue weighted by Crippen LogP contribution is -2.41. The zero-order valence-electron chi connectivity index (χ0n) is 18.9. The Morgan fingerprint density at radius 3 is 2.68 bits per heavy atom. The van der Waals surface area contributed by atoms with Crippen LogP contribution in [0.5, 0.6) is 5.75 Å². The molecule has 1 atom stereocenters. The molecule has 0 saturated carbocycles. The Hall–Kier alpha value is -3.02. The number of carbonyl (C=O) groups is 1. The highest BCUT2D eigenvalue weighted by Crippen LogP contribution is 2.18. The maximum absolute atomic E-state index is 12.0. The lowest BCUT2D eigenvalue weighted by atomic mass is 10.1. The molecule has 2 N–H and O–H groups in total. The summed E-state index contributed by atoms with van der Waals surface area (Å²) < 4.78 is 6.01. The minimum atomic E-state index is -0.000814. The van der Waals surface area contributed by atoms with E-state index >= 15 is 0 Å². The van der Waals surface area contributed by atoms with Gasteiger partial charge >= 0.3 is 0 Å². The Labute approximate surface area is 185 Å². The molecule has 166 valence electrons. The Bertz CT molecular complexity index is 897. The monoisotopic (exact) mass is 422 g/mol. The van der Waals surface area contributed by atoms with E-state index in [1.165, 1.54) is 5.56 Å². The van der Waals surface area contributed by atoms with E-state index in [1.807, 2.05) is 42.2 Å². The molecule has 1 amide bonds. The molecule has 0 aromatic heterocycles. The Kier molecular flexibility index (Phi) is 8.33. The van der Waals surface area contributed by atoms with Crippen LogP contribution in [-0.4, -0.2) is 42.5 Å². The largest absolute Gasteiger partial charge is 0.489 e. The molecule has 1 saturated heterocycles. The summed E-state index contributed by atoms with van der Waals surface area (Å²) >= 11 is 0. The molecule has 6 heteroatoms. The summed E-state index contributed by atoms with van der Waals surface area (Å²) in [5.41, 5.74) is 3.49. The predicted octanol–water partition coefficient (Wildman–Crippen LogP) is 3.64. The van der Waals surface area contributed by atoms with Gasteiger partial charge in [0.2, 0.25) is 5.91 Å². The molecule has 6 nitrogen and oxygen atoms in total. The minimum absolute atomic E-state index is 0.000814. The third-order valence-electron chi connectivity index (χ3n) is 5.29. The van der Waals surface area contributed by atoms with Crippen molar-refractivity contribution in [2.45, 2.75) is 52.8 Å². The molecular formula is C25H34N4O2. The van der Waals surface area contributed by atoms with Gasteiger partial charge in [-0.2, -0.15) is 0 Å². The fourth-order valence-electron chi connectivity index (χ4n) is 3.65. The number of rotatable bonds is 9. The van der Waals surface area contributed by atoms with Crippen molar-refractivity contribution in [2.75, 3.05) is 19.6 Å². The summed E-state index contributed by atoms with van der Waals surface area (Å²) in [6.07, 6.45) is 1.62. The summed E-state index contributed by atoms with van der Waals surface area (Å²) in [5.74, 6) is 1.88. The van der Waals surface area contributed by atoms with Crippen LogP contribution in [0.4, 0.5) is 0 Å². The van der Waals surface area contributed by atoms with E-state index in [9.17, 15) is 4.79 Å². The van der Waals surface area contributed by atoms with Gasteiger partial charge in [0.05, 0.1) is 13.1 Å². The van der Waals surface area contributed by atoms with E-state index < -0.39 is 0 Å². The van der Waals surface area contributed by atoms with Gasteiger partial charge in [0.25, 0.3) is 0 Å². The number of hydrogen-bond donors (Lipinski definition) is 2. The van der Waals surface area contributed by atoms with Gasteiger partial charge in [-0.25, -0.2) is 4.99 Å². The number of aliphatic imine (C=N–C) groups is 1. The third kappa shape index (κ3) is 7.02. The number of carbonyl (C=O) groups excluding carboxylic acids is 1. The number of nitrogens with zero attached hydrogens (tertiary/aromatic N) is 2. The number of hydrogen-bond acceptors (Lipinski definition) is 3. The van der Waals surface area contributed by atoms with Crippen LogP contribution in [-0.2, 0) is 17.9 Å². The normalized spacial score (nSPS) is 15.1. The fourth-order valence-corrected chi connectivity index (χ4v) is 3.65. The van der Waals surface area contributed by atoms with Crippen LogP contribution in [0.25, 0.3) is 0 Å². The second-order valence-electron chi connectivity index (χ2n) is 8.01. The van der Waals surface area contributed by atoms with Crippen LogP contribution < -0.4 is 15.4 Å². The molecule has 1 aliphatic heterocycles. The minimum Gasteiger partial charge on any atom is -0.489 e. The zero-order chi connectivity index (χ0) is 22.1. The number of amides is 1. The second kappa shape index (κ2) is 11.4. The SMILES string of the molecule is CCNC(=NCc1ccccc1CN1CCCC1=O)NCC(C)Oc1cccc(C)c1. The van der Waals surface area contributed by atoms with E-state index in [-0.39, 0.29) is 12.0 Å². The van der Waals surface area contributed by atoms with Crippen molar-refractivity contribution in [2.24, 2.45) is 4.99 Å². The quantitative estimate of drug-likeness (QED) is 0.478. The van der Waals surface area contributed by atoms with Gasteiger partial charge in [-0.1, -0.05) is 36.4 Å². The summed E-state index contributed by atoms with van der Waals surface area (Å²) in [4.78, 5) is 18.7. The molecule has 0 aliphatic carbocycles. The van der Waals surface area contributed by atoms with Crippen molar-refractivity contribution in [3.63, 3.8) is 0 Å². The Balaban J connectivity index is 1.58. The van der Waals surface area contributed by atoms with Gasteiger partial charge in [-0.05, 0) is 56.0 Å². The summed E-state index contributed by atoms with van der Waals surface area (Å²) in [6.45, 7) is 9.64. The molecule has 1 fully saturated rings. The van der Waals surface area contributed by atoms with Gasteiger partial charge in [-0.15, -0.1) is 0 Å². The first-order valence-electron chi connectivity index (χ1n) is 11.1. The van der Waals surface area contributed by atoms with Crippen LogP contribution in [0.3, 0.4) is 0 Å². The first-order chi connectivity index (χ1) is 15.0. The van der Waals surface area contributed by atoms with Gasteiger partial charge in [0.15, 0.2) is 5.96 Å². The first-order valence-corrected chi connectivity index (χ1v) is 11.1. The molecule has 3 rings (SSSR count). The average molecular weight is 423 g/mol. The molecule has 2 aromatic carbocycles. The Morgan fingerprint density at radius 1 is 1.16 bits per heavy atom. The maximum atomic E-state index is 12.0. The van der Waals surface area contributed by atoms with E-state index in [0.29, 0.717) is 26.1 Å². The Morgan fingerprint density at radius 2 is 1.97 bits per heavy atom. The van der Waals surface area contributed by atoms with Crippen LogP contribution in [0, 0.1) is 6.92 Å². The molecule has 1 heterocycles. The highest BCUT2D eigenvalue weighted by atomic mass is 16.5. The number of aryl methyl sites for hydroxylation is 1. The molecule has 0 spiro atoms. The van der Waals surface area contributed by atoms with Gasteiger partial charge < -0.3 is 20.3 Å². The average Bonchev–Trinajstić information content (AvgIpc) is 3.15. The van der Waals surface area contributed by atoms with E-state index in [4.69, 9.17) is 9.73 Å². The molecule has 1 unspecified atom stereocenters. The van der Waals surface area contributed by atoms with Crippen molar-refractivity contribution in [3.05, 3.63) is 65.2 Å². The number of guanidine groups is 1. The van der Waals surface area contributed by atoms with Gasteiger partial charge in [0.1, 0.15) is 11.9 Å². The lowest BCUT2D eigenvalue weighted by Gasteiger charge is -2.19. The topological polar surface area (TPSA) is 66.0 Å². The number of likely N-dealkylation sites (tertiary alicyclic amines) is 1. The van der Waals surface area contributed by atoms with Crippen molar-refractivity contribution in [1.82, 2.24) is 15.5 Å². The third-order valence-corrected chi connectivity index (χ3v) is 5.29. The van der Waals surface area contributed by atoms with Crippen molar-refractivity contribution >= 4 is 11.9 Å². The van der Waals surface area contributed by atoms with Crippen molar-refractivity contribution in [3.8, 4) is 5.75 Å².